The second kappa shape index (κ2) is 3.91. The zero-order chi connectivity index (χ0) is 12.7. The van der Waals surface area contributed by atoms with E-state index in [-0.39, 0.29) is 0 Å². The minimum absolute atomic E-state index is 0.830. The van der Waals surface area contributed by atoms with Crippen molar-refractivity contribution in [2.45, 2.75) is 20.8 Å². The quantitative estimate of drug-likeness (QED) is 0.709. The summed E-state index contributed by atoms with van der Waals surface area (Å²) in [6, 6.07) is 4.25. The van der Waals surface area contributed by atoms with Crippen LogP contribution in [0.15, 0.2) is 24.7 Å². The lowest BCUT2D eigenvalue weighted by Crippen LogP contribution is -1.90. The molecule has 0 aliphatic carbocycles. The normalized spacial score (nSPS) is 11.1. The van der Waals surface area contributed by atoms with Crippen LogP contribution in [0.5, 0.6) is 0 Å². The summed E-state index contributed by atoms with van der Waals surface area (Å²) in [7, 11) is 0. The lowest BCUT2D eigenvalue weighted by atomic mass is 10.1. The summed E-state index contributed by atoms with van der Waals surface area (Å²) in [5.41, 5.74) is 6.37. The Hall–Kier alpha value is -2.23. The van der Waals surface area contributed by atoms with Gasteiger partial charge in [-0.2, -0.15) is 0 Å². The van der Waals surface area contributed by atoms with Gasteiger partial charge in [0.25, 0.3) is 0 Å². The van der Waals surface area contributed by atoms with Crippen LogP contribution < -0.4 is 0 Å². The summed E-state index contributed by atoms with van der Waals surface area (Å²) in [5, 5.41) is 0. The fourth-order valence-corrected chi connectivity index (χ4v) is 2.22. The van der Waals surface area contributed by atoms with E-state index >= 15 is 0 Å². The van der Waals surface area contributed by atoms with E-state index in [1.807, 2.05) is 6.92 Å². The molecule has 0 saturated carbocycles. The van der Waals surface area contributed by atoms with Gasteiger partial charge in [-0.1, -0.05) is 6.07 Å². The topological polar surface area (TPSA) is 54.5 Å². The van der Waals surface area contributed by atoms with Crippen molar-refractivity contribution in [1.29, 1.82) is 0 Å². The van der Waals surface area contributed by atoms with Crippen molar-refractivity contribution >= 4 is 11.0 Å². The summed E-state index contributed by atoms with van der Waals surface area (Å²) in [4.78, 5) is 16.2. The number of benzene rings is 1. The monoisotopic (exact) mass is 238 g/mol. The third-order valence-corrected chi connectivity index (χ3v) is 3.09. The first-order valence-corrected chi connectivity index (χ1v) is 5.89. The zero-order valence-electron chi connectivity index (χ0n) is 10.7. The van der Waals surface area contributed by atoms with E-state index in [4.69, 9.17) is 0 Å². The van der Waals surface area contributed by atoms with Crippen LogP contribution in [0.2, 0.25) is 0 Å². The predicted molar refractivity (Wildman–Crippen MR) is 71.3 cm³/mol. The number of aromatic amines is 1. The van der Waals surface area contributed by atoms with Gasteiger partial charge in [0, 0.05) is 6.20 Å². The average molecular weight is 238 g/mol. The molecule has 0 atom stereocenters. The molecule has 18 heavy (non-hydrogen) atoms. The van der Waals surface area contributed by atoms with Crippen molar-refractivity contribution in [3.63, 3.8) is 0 Å². The fraction of sp³-hybridized carbons (Fsp3) is 0.214. The van der Waals surface area contributed by atoms with Crippen molar-refractivity contribution in [2.75, 3.05) is 0 Å². The Bertz CT molecular complexity index is 728. The van der Waals surface area contributed by atoms with Gasteiger partial charge < -0.3 is 4.98 Å². The number of nitrogens with one attached hydrogen (secondary N) is 1. The molecule has 90 valence electrons. The standard InChI is InChI=1S/C14H14N4/c1-8-4-9(2)13-12(5-8)17-14(18-13)11-6-15-7-16-10(11)3/h4-7H,1-3H3,(H,17,18). The van der Waals surface area contributed by atoms with Crippen molar-refractivity contribution in [3.8, 4) is 11.4 Å². The zero-order valence-corrected chi connectivity index (χ0v) is 10.7. The van der Waals surface area contributed by atoms with Crippen LogP contribution in [0.3, 0.4) is 0 Å². The molecule has 3 rings (SSSR count). The van der Waals surface area contributed by atoms with E-state index in [0.29, 0.717) is 0 Å². The Labute approximate surface area is 105 Å². The number of hydrogen-bond donors (Lipinski definition) is 1. The summed E-state index contributed by atoms with van der Waals surface area (Å²) in [6.45, 7) is 6.13. The molecule has 2 heterocycles. The van der Waals surface area contributed by atoms with Crippen LogP contribution in [0.25, 0.3) is 22.4 Å². The largest absolute Gasteiger partial charge is 0.338 e. The first-order chi connectivity index (χ1) is 8.65. The molecule has 0 spiro atoms. The van der Waals surface area contributed by atoms with Crippen molar-refractivity contribution in [2.24, 2.45) is 0 Å². The number of imidazole rings is 1. The molecule has 0 aliphatic heterocycles. The van der Waals surface area contributed by atoms with Gasteiger partial charge in [0.1, 0.15) is 12.2 Å². The number of aryl methyl sites for hydroxylation is 3. The third-order valence-electron chi connectivity index (χ3n) is 3.09. The third kappa shape index (κ3) is 1.66. The maximum Gasteiger partial charge on any atom is 0.141 e. The molecule has 1 aromatic carbocycles. The molecule has 0 saturated heterocycles. The van der Waals surface area contributed by atoms with Gasteiger partial charge >= 0.3 is 0 Å². The number of fused-ring (bicyclic) bond motifs is 1. The molecule has 1 N–H and O–H groups in total. The highest BCUT2D eigenvalue weighted by Gasteiger charge is 2.10. The minimum Gasteiger partial charge on any atom is -0.338 e. The van der Waals surface area contributed by atoms with Crippen molar-refractivity contribution in [3.05, 3.63) is 41.5 Å². The van der Waals surface area contributed by atoms with Crippen LogP contribution >= 0.6 is 0 Å². The fourth-order valence-electron chi connectivity index (χ4n) is 2.22. The molecule has 0 bridgehead atoms. The molecule has 0 fully saturated rings. The molecular weight excluding hydrogens is 224 g/mol. The van der Waals surface area contributed by atoms with Gasteiger partial charge in [-0.05, 0) is 38.0 Å². The summed E-state index contributed by atoms with van der Waals surface area (Å²) in [5.74, 6) is 0.830. The lowest BCUT2D eigenvalue weighted by Gasteiger charge is -1.98. The Morgan fingerprint density at radius 2 is 1.94 bits per heavy atom. The second-order valence-electron chi connectivity index (χ2n) is 4.59. The SMILES string of the molecule is Cc1cc(C)c2nc(-c3cncnc3C)[nH]c2c1. The highest BCUT2D eigenvalue weighted by molar-refractivity contribution is 5.83. The summed E-state index contributed by atoms with van der Waals surface area (Å²) >= 11 is 0. The predicted octanol–water partition coefficient (Wildman–Crippen LogP) is 2.95. The van der Waals surface area contributed by atoms with E-state index in [1.54, 1.807) is 12.5 Å². The molecule has 0 radical (unpaired) electrons. The molecule has 0 amide bonds. The number of rotatable bonds is 1. The van der Waals surface area contributed by atoms with Crippen LogP contribution in [-0.4, -0.2) is 19.9 Å². The Morgan fingerprint density at radius 1 is 1.11 bits per heavy atom. The lowest BCUT2D eigenvalue weighted by molar-refractivity contribution is 1.09. The maximum absolute atomic E-state index is 4.65. The maximum atomic E-state index is 4.65. The second-order valence-corrected chi connectivity index (χ2v) is 4.59. The number of aromatic nitrogens is 4. The van der Waals surface area contributed by atoms with Gasteiger partial charge in [-0.25, -0.2) is 15.0 Å². The summed E-state index contributed by atoms with van der Waals surface area (Å²) in [6.07, 6.45) is 3.35. The number of H-pyrrole nitrogens is 1. The molecule has 4 nitrogen and oxygen atoms in total. The molecule has 0 aliphatic rings. The first-order valence-electron chi connectivity index (χ1n) is 5.89. The van der Waals surface area contributed by atoms with Crippen molar-refractivity contribution < 1.29 is 0 Å². The molecule has 3 aromatic rings. The van der Waals surface area contributed by atoms with Crippen LogP contribution in [0.1, 0.15) is 16.8 Å². The van der Waals surface area contributed by atoms with Gasteiger partial charge in [0.2, 0.25) is 0 Å². The Morgan fingerprint density at radius 3 is 2.72 bits per heavy atom. The van der Waals surface area contributed by atoms with Gasteiger partial charge in [-0.3, -0.25) is 0 Å². The van der Waals surface area contributed by atoms with Crippen LogP contribution in [0, 0.1) is 20.8 Å². The van der Waals surface area contributed by atoms with E-state index in [9.17, 15) is 0 Å². The van der Waals surface area contributed by atoms with Gasteiger partial charge in [0.05, 0.1) is 22.3 Å². The summed E-state index contributed by atoms with van der Waals surface area (Å²) < 4.78 is 0. The van der Waals surface area contributed by atoms with E-state index in [2.05, 4.69) is 45.9 Å². The van der Waals surface area contributed by atoms with E-state index in [0.717, 1.165) is 28.1 Å². The first kappa shape index (κ1) is 10.9. The Balaban J connectivity index is 2.26. The highest BCUT2D eigenvalue weighted by atomic mass is 14.9. The Kier molecular flexibility index (Phi) is 2.37. The molecule has 4 heteroatoms. The molecular formula is C14H14N4. The van der Waals surface area contributed by atoms with Gasteiger partial charge in [0.15, 0.2) is 0 Å². The smallest absolute Gasteiger partial charge is 0.141 e. The van der Waals surface area contributed by atoms with Crippen molar-refractivity contribution in [1.82, 2.24) is 19.9 Å². The molecule has 2 aromatic heterocycles. The average Bonchev–Trinajstić information content (AvgIpc) is 2.73. The highest BCUT2D eigenvalue weighted by Crippen LogP contribution is 2.24. The van der Waals surface area contributed by atoms with E-state index in [1.165, 1.54) is 11.1 Å². The van der Waals surface area contributed by atoms with Crippen LogP contribution in [0.4, 0.5) is 0 Å². The van der Waals surface area contributed by atoms with Crippen LogP contribution in [-0.2, 0) is 0 Å². The number of nitrogens with zero attached hydrogens (tertiary/aromatic N) is 3. The number of hydrogen-bond acceptors (Lipinski definition) is 3. The minimum atomic E-state index is 0.830. The molecule has 0 unspecified atom stereocenters. The van der Waals surface area contributed by atoms with E-state index < -0.39 is 0 Å². The van der Waals surface area contributed by atoms with Gasteiger partial charge in [-0.15, -0.1) is 0 Å².